The lowest BCUT2D eigenvalue weighted by atomic mass is 10.0. The van der Waals surface area contributed by atoms with E-state index < -0.39 is 0 Å². The largest absolute Gasteiger partial charge is 0.379 e. The van der Waals surface area contributed by atoms with Crippen LogP contribution in [0, 0.1) is 12.8 Å². The molecule has 1 saturated heterocycles. The first kappa shape index (κ1) is 11.1. The molecule has 3 N–H and O–H groups in total. The number of ether oxygens (including phenoxy) is 1. The Morgan fingerprint density at radius 1 is 1.50 bits per heavy atom. The van der Waals surface area contributed by atoms with Crippen LogP contribution in [0.25, 0.3) is 0 Å². The molecule has 1 fully saturated rings. The molecule has 1 aliphatic heterocycles. The number of rotatable bonds is 2. The maximum Gasteiger partial charge on any atom is 0.231 e. The molecular formula is C12H16N2O2. The van der Waals surface area contributed by atoms with Crippen molar-refractivity contribution in [2.75, 3.05) is 18.5 Å². The molecule has 0 aromatic heterocycles. The van der Waals surface area contributed by atoms with Gasteiger partial charge in [0.1, 0.15) is 0 Å². The second kappa shape index (κ2) is 4.63. The monoisotopic (exact) mass is 220 g/mol. The molecular weight excluding hydrogens is 204 g/mol. The van der Waals surface area contributed by atoms with E-state index in [1.165, 1.54) is 0 Å². The Balaban J connectivity index is 2.02. The van der Waals surface area contributed by atoms with Crippen molar-refractivity contribution in [2.24, 2.45) is 11.7 Å². The van der Waals surface area contributed by atoms with E-state index in [2.05, 4.69) is 5.32 Å². The molecule has 1 heterocycles. The van der Waals surface area contributed by atoms with Gasteiger partial charge in [0, 0.05) is 11.7 Å². The Bertz CT molecular complexity index is 392. The van der Waals surface area contributed by atoms with Crippen molar-refractivity contribution in [2.45, 2.75) is 13.0 Å². The van der Waals surface area contributed by atoms with Gasteiger partial charge in [-0.2, -0.15) is 0 Å². The fourth-order valence-corrected chi connectivity index (χ4v) is 1.80. The third-order valence-electron chi connectivity index (χ3n) is 2.75. The van der Waals surface area contributed by atoms with Crippen LogP contribution in [0.4, 0.5) is 5.69 Å². The zero-order valence-corrected chi connectivity index (χ0v) is 9.27. The number of amides is 1. The Kier molecular flexibility index (Phi) is 3.22. The van der Waals surface area contributed by atoms with E-state index in [-0.39, 0.29) is 17.9 Å². The van der Waals surface area contributed by atoms with E-state index in [4.69, 9.17) is 10.5 Å². The number of hydrogen-bond donors (Lipinski definition) is 2. The van der Waals surface area contributed by atoms with Crippen molar-refractivity contribution >= 4 is 11.6 Å². The zero-order valence-electron chi connectivity index (χ0n) is 9.27. The van der Waals surface area contributed by atoms with Crippen LogP contribution in [0.1, 0.15) is 5.56 Å². The number of hydrogen-bond acceptors (Lipinski definition) is 3. The summed E-state index contributed by atoms with van der Waals surface area (Å²) >= 11 is 0. The highest BCUT2D eigenvalue weighted by Gasteiger charge is 2.31. The SMILES string of the molecule is Cc1cccc(NC(=O)C2COCC2N)c1. The Labute approximate surface area is 94.8 Å². The lowest BCUT2D eigenvalue weighted by Crippen LogP contribution is -2.37. The Morgan fingerprint density at radius 2 is 2.31 bits per heavy atom. The van der Waals surface area contributed by atoms with E-state index in [0.29, 0.717) is 13.2 Å². The van der Waals surface area contributed by atoms with E-state index >= 15 is 0 Å². The van der Waals surface area contributed by atoms with Crippen molar-refractivity contribution in [1.82, 2.24) is 0 Å². The molecule has 4 heteroatoms. The first-order chi connectivity index (χ1) is 7.66. The molecule has 0 aliphatic carbocycles. The topological polar surface area (TPSA) is 64.3 Å². The summed E-state index contributed by atoms with van der Waals surface area (Å²) in [5, 5.41) is 2.86. The van der Waals surface area contributed by atoms with Crippen LogP contribution in [-0.2, 0) is 9.53 Å². The van der Waals surface area contributed by atoms with E-state index in [9.17, 15) is 4.79 Å². The predicted octanol–water partition coefficient (Wildman–Crippen LogP) is 0.907. The van der Waals surface area contributed by atoms with Crippen molar-refractivity contribution in [3.63, 3.8) is 0 Å². The third-order valence-corrected chi connectivity index (χ3v) is 2.75. The number of anilines is 1. The van der Waals surface area contributed by atoms with Gasteiger partial charge in [-0.05, 0) is 24.6 Å². The molecule has 2 unspecified atom stereocenters. The summed E-state index contributed by atoms with van der Waals surface area (Å²) in [5.74, 6) is -0.295. The van der Waals surface area contributed by atoms with Gasteiger partial charge in [-0.1, -0.05) is 12.1 Å². The molecule has 1 amide bonds. The molecule has 2 rings (SSSR count). The molecule has 0 saturated carbocycles. The van der Waals surface area contributed by atoms with Gasteiger partial charge in [-0.3, -0.25) is 4.79 Å². The second-order valence-corrected chi connectivity index (χ2v) is 4.17. The third kappa shape index (κ3) is 2.40. The number of benzene rings is 1. The number of carbonyl (C=O) groups is 1. The van der Waals surface area contributed by atoms with E-state index in [1.807, 2.05) is 31.2 Å². The summed E-state index contributed by atoms with van der Waals surface area (Å²) in [6.45, 7) is 2.87. The second-order valence-electron chi connectivity index (χ2n) is 4.17. The van der Waals surface area contributed by atoms with E-state index in [1.54, 1.807) is 0 Å². The van der Waals surface area contributed by atoms with Gasteiger partial charge in [-0.25, -0.2) is 0 Å². The van der Waals surface area contributed by atoms with Gasteiger partial charge in [0.15, 0.2) is 0 Å². The lowest BCUT2D eigenvalue weighted by molar-refractivity contribution is -0.120. The minimum atomic E-state index is -0.236. The van der Waals surface area contributed by atoms with Crippen LogP contribution in [0.3, 0.4) is 0 Å². The number of aryl methyl sites for hydroxylation is 1. The van der Waals surface area contributed by atoms with Crippen LogP contribution in [0.2, 0.25) is 0 Å². The summed E-state index contributed by atoms with van der Waals surface area (Å²) in [6.07, 6.45) is 0. The first-order valence-electron chi connectivity index (χ1n) is 5.37. The summed E-state index contributed by atoms with van der Waals surface area (Å²) in [7, 11) is 0. The van der Waals surface area contributed by atoms with Crippen LogP contribution in [0.15, 0.2) is 24.3 Å². The first-order valence-corrected chi connectivity index (χ1v) is 5.37. The van der Waals surface area contributed by atoms with Gasteiger partial charge >= 0.3 is 0 Å². The molecule has 1 aromatic rings. The van der Waals surface area contributed by atoms with Crippen molar-refractivity contribution in [3.8, 4) is 0 Å². The molecule has 0 spiro atoms. The van der Waals surface area contributed by atoms with Crippen molar-refractivity contribution < 1.29 is 9.53 Å². The summed E-state index contributed by atoms with van der Waals surface area (Å²) < 4.78 is 5.17. The highest BCUT2D eigenvalue weighted by Crippen LogP contribution is 2.16. The summed E-state index contributed by atoms with van der Waals surface area (Å²) in [4.78, 5) is 11.9. The molecule has 0 radical (unpaired) electrons. The average molecular weight is 220 g/mol. The molecule has 2 atom stereocenters. The Hall–Kier alpha value is -1.39. The normalized spacial score (nSPS) is 24.4. The highest BCUT2D eigenvalue weighted by atomic mass is 16.5. The summed E-state index contributed by atoms with van der Waals surface area (Å²) in [6, 6.07) is 7.51. The molecule has 16 heavy (non-hydrogen) atoms. The molecule has 86 valence electrons. The quantitative estimate of drug-likeness (QED) is 0.778. The van der Waals surface area contributed by atoms with Gasteiger partial charge in [0.25, 0.3) is 0 Å². The minimum Gasteiger partial charge on any atom is -0.379 e. The zero-order chi connectivity index (χ0) is 11.5. The standard InChI is InChI=1S/C12H16N2O2/c1-8-3-2-4-9(5-8)14-12(15)10-6-16-7-11(10)13/h2-5,10-11H,6-7,13H2,1H3,(H,14,15). The minimum absolute atomic E-state index is 0.0596. The van der Waals surface area contributed by atoms with E-state index in [0.717, 1.165) is 11.3 Å². The smallest absolute Gasteiger partial charge is 0.231 e. The highest BCUT2D eigenvalue weighted by molar-refractivity contribution is 5.93. The fourth-order valence-electron chi connectivity index (χ4n) is 1.80. The van der Waals surface area contributed by atoms with Crippen molar-refractivity contribution in [1.29, 1.82) is 0 Å². The van der Waals surface area contributed by atoms with Gasteiger partial charge in [-0.15, -0.1) is 0 Å². The Morgan fingerprint density at radius 3 is 2.94 bits per heavy atom. The average Bonchev–Trinajstić information content (AvgIpc) is 2.64. The molecule has 1 aliphatic rings. The van der Waals surface area contributed by atoms with Crippen molar-refractivity contribution in [3.05, 3.63) is 29.8 Å². The van der Waals surface area contributed by atoms with Gasteiger partial charge in [0.05, 0.1) is 19.1 Å². The van der Waals surface area contributed by atoms with Crippen LogP contribution >= 0.6 is 0 Å². The van der Waals surface area contributed by atoms with Crippen LogP contribution in [0.5, 0.6) is 0 Å². The number of carbonyl (C=O) groups excluding carboxylic acids is 1. The maximum absolute atomic E-state index is 11.9. The predicted molar refractivity (Wildman–Crippen MR) is 62.1 cm³/mol. The molecule has 4 nitrogen and oxygen atoms in total. The lowest BCUT2D eigenvalue weighted by Gasteiger charge is -2.13. The molecule has 0 bridgehead atoms. The fraction of sp³-hybridized carbons (Fsp3) is 0.417. The van der Waals surface area contributed by atoms with Gasteiger partial charge in [0.2, 0.25) is 5.91 Å². The van der Waals surface area contributed by atoms with Crippen LogP contribution in [-0.4, -0.2) is 25.2 Å². The number of nitrogens with two attached hydrogens (primary N) is 1. The van der Waals surface area contributed by atoms with Gasteiger partial charge < -0.3 is 15.8 Å². The summed E-state index contributed by atoms with van der Waals surface area (Å²) in [5.41, 5.74) is 7.70. The molecule has 1 aromatic carbocycles. The maximum atomic E-state index is 11.9. The van der Waals surface area contributed by atoms with Crippen LogP contribution < -0.4 is 11.1 Å². The number of nitrogens with one attached hydrogen (secondary N) is 1.